The first kappa shape index (κ1) is 20.4. The molecule has 0 aromatic heterocycles. The summed E-state index contributed by atoms with van der Waals surface area (Å²) in [6, 6.07) is 0. The van der Waals surface area contributed by atoms with Gasteiger partial charge in [-0.2, -0.15) is 0 Å². The summed E-state index contributed by atoms with van der Waals surface area (Å²) in [4.78, 5) is 23.5. The van der Waals surface area contributed by atoms with Crippen LogP contribution in [0.4, 0.5) is 0 Å². The molecule has 0 heterocycles. The molecule has 0 aromatic carbocycles. The predicted octanol–water partition coefficient (Wildman–Crippen LogP) is 4.25. The minimum atomic E-state index is -0.345. The molecule has 4 aliphatic carbocycles. The number of fused-ring (bicyclic) bond motifs is 5. The molecular weight excluding hydrogens is 370 g/mol. The largest absolute Gasteiger partial charge is 0.462 e. The van der Waals surface area contributed by atoms with Gasteiger partial charge in [0.25, 0.3) is 0 Å². The van der Waals surface area contributed by atoms with Crippen molar-refractivity contribution in [2.24, 2.45) is 33.7 Å². The molecule has 3 saturated carbocycles. The van der Waals surface area contributed by atoms with Crippen LogP contribution >= 0.6 is 0 Å². The Morgan fingerprint density at radius 2 is 1.83 bits per heavy atom. The van der Waals surface area contributed by atoms with Gasteiger partial charge in [-0.1, -0.05) is 31.0 Å². The van der Waals surface area contributed by atoms with Crippen LogP contribution in [-0.2, 0) is 19.1 Å². The van der Waals surface area contributed by atoms with Crippen molar-refractivity contribution in [3.8, 4) is 0 Å². The van der Waals surface area contributed by atoms with Gasteiger partial charge in [0.15, 0.2) is 0 Å². The Morgan fingerprint density at radius 1 is 1.10 bits per heavy atom. The topological polar surface area (TPSA) is 85.2 Å². The minimum absolute atomic E-state index is 0.179. The Bertz CT molecular complexity index is 773. The smallest absolute Gasteiger partial charge is 0.302 e. The van der Waals surface area contributed by atoms with Crippen LogP contribution < -0.4 is 0 Å². The summed E-state index contributed by atoms with van der Waals surface area (Å²) in [6.07, 6.45) is 8.24. The molecule has 29 heavy (non-hydrogen) atoms. The Labute approximate surface area is 172 Å². The number of hydrogen-bond donors (Lipinski definition) is 1. The van der Waals surface area contributed by atoms with Gasteiger partial charge in [0.1, 0.15) is 12.2 Å². The highest BCUT2D eigenvalue weighted by Gasteiger charge is 2.61. The van der Waals surface area contributed by atoms with Gasteiger partial charge in [-0.25, -0.2) is 0 Å². The number of hydrogen-bond acceptors (Lipinski definition) is 6. The quantitative estimate of drug-likeness (QED) is 0.423. The standard InChI is InChI=1S/C23H33NO5/c1-13(25)28-16-10-15-11-19(24-27)21-17-6-5-8-22(17,3)9-7-18(21)23(15,4)20(12-16)29-14(2)26/h11,16-18,20-21,27H,5-10,12H2,1-4H3/t16-,17+,18+,20-,21+,22+,23+/m1/s1. The first-order chi connectivity index (χ1) is 13.7. The van der Waals surface area contributed by atoms with E-state index in [-0.39, 0.29) is 41.4 Å². The number of oxime groups is 1. The molecule has 6 heteroatoms. The highest BCUT2D eigenvalue weighted by atomic mass is 16.6. The molecular formula is C23H33NO5. The van der Waals surface area contributed by atoms with Crippen molar-refractivity contribution < 1.29 is 24.3 Å². The first-order valence-electron chi connectivity index (χ1n) is 11.0. The second-order valence-corrected chi connectivity index (χ2v) is 10.1. The van der Waals surface area contributed by atoms with Crippen molar-refractivity contribution in [3.63, 3.8) is 0 Å². The molecule has 4 aliphatic rings. The van der Waals surface area contributed by atoms with Crippen LogP contribution in [0.5, 0.6) is 0 Å². The Kier molecular flexibility index (Phi) is 5.02. The molecule has 6 nitrogen and oxygen atoms in total. The zero-order valence-electron chi connectivity index (χ0n) is 17.9. The number of carbonyl (C=O) groups is 2. The highest BCUT2D eigenvalue weighted by molar-refractivity contribution is 5.99. The lowest BCUT2D eigenvalue weighted by atomic mass is 9.47. The third-order valence-electron chi connectivity index (χ3n) is 8.53. The first-order valence-corrected chi connectivity index (χ1v) is 11.0. The predicted molar refractivity (Wildman–Crippen MR) is 107 cm³/mol. The Balaban J connectivity index is 1.78. The van der Waals surface area contributed by atoms with Crippen molar-refractivity contribution in [1.82, 2.24) is 0 Å². The van der Waals surface area contributed by atoms with E-state index in [9.17, 15) is 14.8 Å². The molecule has 0 saturated heterocycles. The van der Waals surface area contributed by atoms with Crippen LogP contribution in [0.2, 0.25) is 0 Å². The van der Waals surface area contributed by atoms with E-state index < -0.39 is 0 Å². The van der Waals surface area contributed by atoms with E-state index in [0.29, 0.717) is 24.2 Å². The van der Waals surface area contributed by atoms with Crippen molar-refractivity contribution in [2.45, 2.75) is 84.8 Å². The van der Waals surface area contributed by atoms with Crippen molar-refractivity contribution in [1.29, 1.82) is 0 Å². The van der Waals surface area contributed by atoms with E-state index in [1.165, 1.54) is 26.7 Å². The zero-order chi connectivity index (χ0) is 21.0. The maximum absolute atomic E-state index is 12.0. The molecule has 160 valence electrons. The fourth-order valence-corrected chi connectivity index (χ4v) is 7.21. The van der Waals surface area contributed by atoms with E-state index in [1.807, 2.05) is 6.08 Å². The second-order valence-electron chi connectivity index (χ2n) is 10.1. The highest BCUT2D eigenvalue weighted by Crippen LogP contribution is 2.64. The summed E-state index contributed by atoms with van der Waals surface area (Å²) in [7, 11) is 0. The molecule has 1 N–H and O–H groups in total. The number of rotatable bonds is 2. The van der Waals surface area contributed by atoms with E-state index in [4.69, 9.17) is 9.47 Å². The maximum atomic E-state index is 12.0. The average Bonchev–Trinajstić information content (AvgIpc) is 3.03. The molecule has 0 spiro atoms. The van der Waals surface area contributed by atoms with E-state index in [1.54, 1.807) is 0 Å². The summed E-state index contributed by atoms with van der Waals surface area (Å²) < 4.78 is 11.4. The lowest BCUT2D eigenvalue weighted by Crippen LogP contribution is -2.58. The van der Waals surface area contributed by atoms with Crippen molar-refractivity contribution in [2.75, 3.05) is 0 Å². The summed E-state index contributed by atoms with van der Waals surface area (Å²) in [5, 5.41) is 13.6. The summed E-state index contributed by atoms with van der Waals surface area (Å²) >= 11 is 0. The molecule has 0 radical (unpaired) electrons. The lowest BCUT2D eigenvalue weighted by molar-refractivity contribution is -0.168. The molecule has 0 unspecified atom stereocenters. The number of carbonyl (C=O) groups excluding carboxylic acids is 2. The number of ether oxygens (including phenoxy) is 2. The third-order valence-corrected chi connectivity index (χ3v) is 8.53. The summed E-state index contributed by atoms with van der Waals surface area (Å²) in [5.74, 6) is 0.292. The van der Waals surface area contributed by atoms with Gasteiger partial charge >= 0.3 is 11.9 Å². The molecule has 0 aromatic rings. The fraction of sp³-hybridized carbons (Fsp3) is 0.783. The van der Waals surface area contributed by atoms with Gasteiger partial charge in [0.05, 0.1) is 5.71 Å². The van der Waals surface area contributed by atoms with Gasteiger partial charge in [0.2, 0.25) is 0 Å². The van der Waals surface area contributed by atoms with Crippen LogP contribution in [0.25, 0.3) is 0 Å². The van der Waals surface area contributed by atoms with Gasteiger partial charge in [0, 0.05) is 38.0 Å². The molecule has 0 amide bonds. The Morgan fingerprint density at radius 3 is 2.48 bits per heavy atom. The maximum Gasteiger partial charge on any atom is 0.302 e. The monoisotopic (exact) mass is 403 g/mol. The molecule has 0 aliphatic heterocycles. The van der Waals surface area contributed by atoms with E-state index in [0.717, 1.165) is 30.5 Å². The van der Waals surface area contributed by atoms with Crippen LogP contribution in [0.3, 0.4) is 0 Å². The Hall–Kier alpha value is -1.85. The number of allylic oxidation sites excluding steroid dienone is 1. The fourth-order valence-electron chi connectivity index (χ4n) is 7.21. The van der Waals surface area contributed by atoms with Crippen LogP contribution in [0.1, 0.15) is 72.6 Å². The van der Waals surface area contributed by atoms with Gasteiger partial charge < -0.3 is 14.7 Å². The van der Waals surface area contributed by atoms with Crippen molar-refractivity contribution in [3.05, 3.63) is 11.6 Å². The van der Waals surface area contributed by atoms with Gasteiger partial charge in [-0.15, -0.1) is 0 Å². The summed E-state index contributed by atoms with van der Waals surface area (Å²) in [5.41, 5.74) is 1.80. The number of nitrogens with zero attached hydrogens (tertiary/aromatic N) is 1. The van der Waals surface area contributed by atoms with E-state index >= 15 is 0 Å². The third kappa shape index (κ3) is 3.19. The van der Waals surface area contributed by atoms with Crippen LogP contribution in [0.15, 0.2) is 16.8 Å². The molecule has 0 bridgehead atoms. The van der Waals surface area contributed by atoms with Gasteiger partial charge in [-0.3, -0.25) is 9.59 Å². The summed E-state index contributed by atoms with van der Waals surface area (Å²) in [6.45, 7) is 7.44. The molecule has 3 fully saturated rings. The SMILES string of the molecule is CC(=O)O[C@@H]1CC2=CC(=NO)[C@H]3[C@@H]4CCC[C@@]4(C)CC[C@@H]3[C@@]2(C)[C@H](OC(C)=O)C1. The average molecular weight is 404 g/mol. The molecule has 4 rings (SSSR count). The zero-order valence-corrected chi connectivity index (χ0v) is 17.9. The van der Waals surface area contributed by atoms with Crippen LogP contribution in [-0.4, -0.2) is 35.1 Å². The number of esters is 2. The lowest BCUT2D eigenvalue weighted by Gasteiger charge is -2.58. The normalized spacial score (nSPS) is 44.9. The van der Waals surface area contributed by atoms with Crippen molar-refractivity contribution >= 4 is 17.7 Å². The minimum Gasteiger partial charge on any atom is -0.462 e. The molecule has 7 atom stereocenters. The second kappa shape index (κ2) is 7.13. The van der Waals surface area contributed by atoms with Crippen LogP contribution in [0, 0.1) is 28.6 Å². The van der Waals surface area contributed by atoms with E-state index in [2.05, 4.69) is 19.0 Å². The van der Waals surface area contributed by atoms with Gasteiger partial charge in [-0.05, 0) is 49.0 Å².